The summed E-state index contributed by atoms with van der Waals surface area (Å²) in [7, 11) is 3.78. The molecule has 6 heteroatoms. The van der Waals surface area contributed by atoms with Crippen molar-refractivity contribution in [2.45, 2.75) is 70.5 Å². The monoisotopic (exact) mass is 428 g/mol. The molecule has 2 unspecified atom stereocenters. The van der Waals surface area contributed by atoms with Gasteiger partial charge in [0.05, 0.1) is 13.0 Å². The molecule has 0 radical (unpaired) electrons. The van der Waals surface area contributed by atoms with Gasteiger partial charge >= 0.3 is 0 Å². The van der Waals surface area contributed by atoms with Crippen LogP contribution in [0.4, 0.5) is 0 Å². The lowest BCUT2D eigenvalue weighted by atomic mass is 9.82. The van der Waals surface area contributed by atoms with Crippen molar-refractivity contribution in [3.8, 4) is 5.75 Å². The van der Waals surface area contributed by atoms with Crippen LogP contribution in [0.3, 0.4) is 0 Å². The van der Waals surface area contributed by atoms with Gasteiger partial charge in [0.15, 0.2) is 0 Å². The van der Waals surface area contributed by atoms with E-state index in [0.717, 1.165) is 44.8 Å². The fourth-order valence-corrected chi connectivity index (χ4v) is 5.85. The lowest BCUT2D eigenvalue weighted by Crippen LogP contribution is -2.49. The van der Waals surface area contributed by atoms with Crippen molar-refractivity contribution in [3.63, 3.8) is 0 Å². The predicted molar refractivity (Wildman–Crippen MR) is 124 cm³/mol. The van der Waals surface area contributed by atoms with E-state index in [2.05, 4.69) is 45.8 Å². The Kier molecular flexibility index (Phi) is 7.51. The number of amides is 1. The topological polar surface area (TPSA) is 56.8 Å². The van der Waals surface area contributed by atoms with Gasteiger partial charge in [-0.3, -0.25) is 20.5 Å². The number of hydrogen-bond donors (Lipinski definition) is 2. The molecule has 0 aromatic heterocycles. The second-order valence-electron chi connectivity index (χ2n) is 9.83. The van der Waals surface area contributed by atoms with Gasteiger partial charge in [0.2, 0.25) is 5.91 Å². The summed E-state index contributed by atoms with van der Waals surface area (Å²) in [5, 5.41) is 0. The highest BCUT2D eigenvalue weighted by Crippen LogP contribution is 2.31. The molecule has 2 N–H and O–H groups in total. The first-order chi connectivity index (χ1) is 15.1. The van der Waals surface area contributed by atoms with E-state index in [1.165, 1.54) is 43.2 Å². The number of likely N-dealkylation sites (tertiary alicyclic amines) is 1. The summed E-state index contributed by atoms with van der Waals surface area (Å²) in [5.41, 5.74) is 9.31. The van der Waals surface area contributed by atoms with Crippen molar-refractivity contribution in [2.24, 2.45) is 11.8 Å². The average Bonchev–Trinajstić information content (AvgIpc) is 3.29. The van der Waals surface area contributed by atoms with E-state index in [0.29, 0.717) is 17.9 Å². The van der Waals surface area contributed by atoms with Gasteiger partial charge in [0.1, 0.15) is 5.75 Å². The van der Waals surface area contributed by atoms with E-state index in [1.54, 1.807) is 7.11 Å². The molecule has 1 aromatic carbocycles. The Balaban J connectivity index is 1.32. The second-order valence-corrected chi connectivity index (χ2v) is 9.83. The van der Waals surface area contributed by atoms with Crippen molar-refractivity contribution in [2.75, 3.05) is 33.8 Å². The van der Waals surface area contributed by atoms with Crippen LogP contribution in [0.1, 0.15) is 56.1 Å². The maximum atomic E-state index is 13.3. The summed E-state index contributed by atoms with van der Waals surface area (Å²) in [6.07, 6.45) is 8.44. The second kappa shape index (κ2) is 10.3. The van der Waals surface area contributed by atoms with Crippen LogP contribution in [-0.4, -0.2) is 61.6 Å². The molecule has 3 aliphatic rings. The SMILES string of the molecule is COc1ccc(C)cc1CN1CCC(C2NNCC2C(=O)N(C)C2CCCCC2)CC1. The molecule has 4 rings (SSSR count). The Hall–Kier alpha value is -1.63. The molecule has 0 spiro atoms. The highest BCUT2D eigenvalue weighted by Gasteiger charge is 2.41. The van der Waals surface area contributed by atoms with Crippen LogP contribution in [0.15, 0.2) is 18.2 Å². The van der Waals surface area contributed by atoms with E-state index in [9.17, 15) is 4.79 Å². The summed E-state index contributed by atoms with van der Waals surface area (Å²) >= 11 is 0. The van der Waals surface area contributed by atoms with Crippen LogP contribution in [0, 0.1) is 18.8 Å². The first-order valence-electron chi connectivity index (χ1n) is 12.2. The molecule has 6 nitrogen and oxygen atoms in total. The molecule has 3 fully saturated rings. The number of carbonyl (C=O) groups excluding carboxylic acids is 1. The number of methoxy groups -OCH3 is 1. The maximum Gasteiger partial charge on any atom is 0.228 e. The van der Waals surface area contributed by atoms with E-state index in [-0.39, 0.29) is 12.0 Å². The molecule has 172 valence electrons. The van der Waals surface area contributed by atoms with Crippen LogP contribution in [0.2, 0.25) is 0 Å². The third-order valence-corrected chi connectivity index (χ3v) is 7.78. The highest BCUT2D eigenvalue weighted by molar-refractivity contribution is 5.80. The van der Waals surface area contributed by atoms with Crippen LogP contribution in [0.5, 0.6) is 5.75 Å². The average molecular weight is 429 g/mol. The predicted octanol–water partition coefficient (Wildman–Crippen LogP) is 3.10. The summed E-state index contributed by atoms with van der Waals surface area (Å²) in [6, 6.07) is 7.10. The third kappa shape index (κ3) is 5.24. The Morgan fingerprint density at radius 3 is 2.61 bits per heavy atom. The van der Waals surface area contributed by atoms with Gasteiger partial charge in [-0.1, -0.05) is 37.0 Å². The third-order valence-electron chi connectivity index (χ3n) is 7.78. The zero-order chi connectivity index (χ0) is 21.8. The minimum absolute atomic E-state index is 0.0559. The molecule has 1 amide bonds. The van der Waals surface area contributed by atoms with Crippen molar-refractivity contribution < 1.29 is 9.53 Å². The van der Waals surface area contributed by atoms with Gasteiger partial charge in [-0.15, -0.1) is 0 Å². The van der Waals surface area contributed by atoms with Gasteiger partial charge in [0, 0.05) is 37.8 Å². The number of benzene rings is 1. The van der Waals surface area contributed by atoms with Crippen LogP contribution in [-0.2, 0) is 11.3 Å². The molecule has 1 aliphatic carbocycles. The van der Waals surface area contributed by atoms with E-state index in [1.807, 2.05) is 7.05 Å². The van der Waals surface area contributed by atoms with Gasteiger partial charge in [-0.25, -0.2) is 0 Å². The summed E-state index contributed by atoms with van der Waals surface area (Å²) in [6.45, 7) is 5.95. The Morgan fingerprint density at radius 2 is 1.90 bits per heavy atom. The van der Waals surface area contributed by atoms with Crippen molar-refractivity contribution in [3.05, 3.63) is 29.3 Å². The number of hydrogen-bond acceptors (Lipinski definition) is 5. The molecular formula is C25H40N4O2. The number of nitrogens with zero attached hydrogens (tertiary/aromatic N) is 2. The lowest BCUT2D eigenvalue weighted by Gasteiger charge is -2.38. The molecule has 2 atom stereocenters. The van der Waals surface area contributed by atoms with Gasteiger partial charge in [-0.2, -0.15) is 0 Å². The fraction of sp³-hybridized carbons (Fsp3) is 0.720. The van der Waals surface area contributed by atoms with Gasteiger partial charge in [-0.05, 0) is 57.7 Å². The van der Waals surface area contributed by atoms with Gasteiger partial charge < -0.3 is 9.64 Å². The zero-order valence-electron chi connectivity index (χ0n) is 19.5. The van der Waals surface area contributed by atoms with Crippen LogP contribution < -0.4 is 15.6 Å². The number of ether oxygens (including phenoxy) is 1. The largest absolute Gasteiger partial charge is 0.496 e. The van der Waals surface area contributed by atoms with E-state index < -0.39 is 0 Å². The summed E-state index contributed by atoms with van der Waals surface area (Å²) < 4.78 is 5.57. The van der Waals surface area contributed by atoms with E-state index >= 15 is 0 Å². The molecular weight excluding hydrogens is 388 g/mol. The first kappa shape index (κ1) is 22.6. The van der Waals surface area contributed by atoms with Crippen molar-refractivity contribution in [1.82, 2.24) is 20.7 Å². The van der Waals surface area contributed by atoms with Gasteiger partial charge in [0.25, 0.3) is 0 Å². The minimum Gasteiger partial charge on any atom is -0.496 e. The number of aryl methyl sites for hydroxylation is 1. The molecule has 1 saturated carbocycles. The molecule has 2 aliphatic heterocycles. The van der Waals surface area contributed by atoms with Crippen molar-refractivity contribution >= 4 is 5.91 Å². The van der Waals surface area contributed by atoms with Crippen LogP contribution in [0.25, 0.3) is 0 Å². The standard InChI is InChI=1S/C25H40N4O2/c1-18-9-10-23(31-3)20(15-18)17-29-13-11-19(12-14-29)24-22(16-26-27-24)25(30)28(2)21-7-5-4-6-8-21/h9-10,15,19,21-22,24,26-27H,4-8,11-14,16-17H2,1-3H3. The zero-order valence-corrected chi connectivity index (χ0v) is 19.5. The fourth-order valence-electron chi connectivity index (χ4n) is 5.85. The Morgan fingerprint density at radius 1 is 1.16 bits per heavy atom. The minimum atomic E-state index is 0.0559. The summed E-state index contributed by atoms with van der Waals surface area (Å²) in [4.78, 5) is 17.9. The maximum absolute atomic E-state index is 13.3. The number of piperidine rings is 1. The molecule has 2 saturated heterocycles. The number of carbonyl (C=O) groups is 1. The van der Waals surface area contributed by atoms with E-state index in [4.69, 9.17) is 4.74 Å². The summed E-state index contributed by atoms with van der Waals surface area (Å²) in [5.74, 6) is 1.91. The molecule has 2 heterocycles. The molecule has 1 aromatic rings. The molecule has 0 bridgehead atoms. The Bertz CT molecular complexity index is 741. The normalized spacial score (nSPS) is 26.2. The quantitative estimate of drug-likeness (QED) is 0.729. The van der Waals surface area contributed by atoms with Crippen molar-refractivity contribution in [1.29, 1.82) is 0 Å². The number of nitrogens with one attached hydrogen (secondary N) is 2. The number of hydrazine groups is 1. The highest BCUT2D eigenvalue weighted by atomic mass is 16.5. The molecule has 31 heavy (non-hydrogen) atoms. The van der Waals surface area contributed by atoms with Crippen LogP contribution >= 0.6 is 0 Å². The smallest absolute Gasteiger partial charge is 0.228 e. The first-order valence-corrected chi connectivity index (χ1v) is 12.2. The number of rotatable bonds is 6. The Labute approximate surface area is 187 Å². The lowest BCUT2D eigenvalue weighted by molar-refractivity contribution is -0.137.